The summed E-state index contributed by atoms with van der Waals surface area (Å²) in [5.74, 6) is -0.628. The molecule has 10 rings (SSSR count). The predicted octanol–water partition coefficient (Wildman–Crippen LogP) is 10.0. The highest BCUT2D eigenvalue weighted by Crippen LogP contribution is 2.56. The molecule has 1 aliphatic heterocycles. The Kier molecular flexibility index (Phi) is 4.44. The molecule has 0 atom stereocenters. The van der Waals surface area contributed by atoms with Crippen molar-refractivity contribution >= 4 is 61.0 Å². The molecular weight excluding hydrogens is 542 g/mol. The standard InChI is InChI=1S/C40H21NO3/c42-39-29-17-8-15-24-26(19-20-30(35(24)29)40(43)41(39)23-11-2-1-3-12-23)38-36-28-16-7-10-22-9-6-14-25(34(22)28)31(36)21-33-37(38)27-13-4-5-18-32(27)44-33/h1-21H. The first kappa shape index (κ1) is 23.6. The topological polar surface area (TPSA) is 50.5 Å². The van der Waals surface area contributed by atoms with Gasteiger partial charge in [0, 0.05) is 32.8 Å². The molecule has 0 spiro atoms. The zero-order chi connectivity index (χ0) is 29.1. The van der Waals surface area contributed by atoms with E-state index in [1.165, 1.54) is 26.8 Å². The molecule has 0 radical (unpaired) electrons. The fourth-order valence-electron chi connectivity index (χ4n) is 7.55. The van der Waals surface area contributed by atoms with Crippen LogP contribution in [0.1, 0.15) is 20.7 Å². The summed E-state index contributed by atoms with van der Waals surface area (Å²) >= 11 is 0. The molecule has 2 amide bonds. The molecule has 0 N–H and O–H groups in total. The van der Waals surface area contributed by atoms with Crippen LogP contribution in [-0.2, 0) is 0 Å². The number of fused-ring (bicyclic) bond motifs is 6. The number of benzene rings is 7. The van der Waals surface area contributed by atoms with E-state index in [1.807, 2.05) is 60.7 Å². The van der Waals surface area contributed by atoms with Crippen LogP contribution in [0.3, 0.4) is 0 Å². The summed E-state index contributed by atoms with van der Waals surface area (Å²) in [6, 6.07) is 42.1. The normalized spacial score (nSPS) is 13.5. The molecule has 44 heavy (non-hydrogen) atoms. The number of anilines is 1. The van der Waals surface area contributed by atoms with E-state index in [2.05, 4.69) is 54.6 Å². The lowest BCUT2D eigenvalue weighted by Crippen LogP contribution is -2.40. The van der Waals surface area contributed by atoms with Gasteiger partial charge in [0.2, 0.25) is 0 Å². The molecule has 0 unspecified atom stereocenters. The lowest BCUT2D eigenvalue weighted by molar-refractivity contribution is 0.0893. The minimum atomic E-state index is -0.314. The number of hydrogen-bond donors (Lipinski definition) is 0. The van der Waals surface area contributed by atoms with Gasteiger partial charge in [0.15, 0.2) is 0 Å². The Labute approximate surface area is 251 Å². The van der Waals surface area contributed by atoms with Gasteiger partial charge in [-0.3, -0.25) is 9.59 Å². The molecule has 2 heterocycles. The van der Waals surface area contributed by atoms with Crippen LogP contribution in [0, 0.1) is 0 Å². The van der Waals surface area contributed by atoms with Gasteiger partial charge in [-0.15, -0.1) is 0 Å². The van der Waals surface area contributed by atoms with Gasteiger partial charge in [0.05, 0.1) is 5.69 Å². The Balaban J connectivity index is 1.34. The van der Waals surface area contributed by atoms with Crippen molar-refractivity contribution in [3.63, 3.8) is 0 Å². The van der Waals surface area contributed by atoms with E-state index >= 15 is 0 Å². The monoisotopic (exact) mass is 563 g/mol. The molecule has 4 nitrogen and oxygen atoms in total. The maximum atomic E-state index is 14.0. The van der Waals surface area contributed by atoms with Crippen LogP contribution in [0.15, 0.2) is 132 Å². The Morgan fingerprint density at radius 3 is 1.93 bits per heavy atom. The number of para-hydroxylation sites is 2. The molecule has 0 saturated carbocycles. The largest absolute Gasteiger partial charge is 0.456 e. The number of furan rings is 1. The third-order valence-electron chi connectivity index (χ3n) is 9.32. The van der Waals surface area contributed by atoms with Crippen LogP contribution < -0.4 is 4.90 Å². The number of imide groups is 1. The summed E-state index contributed by atoms with van der Waals surface area (Å²) in [4.78, 5) is 29.2. The highest BCUT2D eigenvalue weighted by Gasteiger charge is 2.36. The van der Waals surface area contributed by atoms with Crippen LogP contribution in [0.5, 0.6) is 0 Å². The molecule has 7 aromatic carbocycles. The van der Waals surface area contributed by atoms with Crippen molar-refractivity contribution in [3.8, 4) is 33.4 Å². The van der Waals surface area contributed by atoms with E-state index in [0.717, 1.165) is 49.6 Å². The summed E-state index contributed by atoms with van der Waals surface area (Å²) in [7, 11) is 0. The minimum Gasteiger partial charge on any atom is -0.456 e. The minimum absolute atomic E-state index is 0.314. The van der Waals surface area contributed by atoms with Gasteiger partial charge in [-0.1, -0.05) is 91.0 Å². The fraction of sp³-hybridized carbons (Fsp3) is 0. The maximum Gasteiger partial charge on any atom is 0.265 e. The third kappa shape index (κ3) is 2.87. The van der Waals surface area contributed by atoms with Gasteiger partial charge in [0.1, 0.15) is 11.2 Å². The van der Waals surface area contributed by atoms with E-state index in [-0.39, 0.29) is 11.8 Å². The van der Waals surface area contributed by atoms with Crippen LogP contribution >= 0.6 is 0 Å². The summed E-state index contributed by atoms with van der Waals surface area (Å²) in [6.45, 7) is 0. The van der Waals surface area contributed by atoms with Gasteiger partial charge >= 0.3 is 0 Å². The fourth-order valence-corrected chi connectivity index (χ4v) is 7.55. The van der Waals surface area contributed by atoms with E-state index in [0.29, 0.717) is 22.2 Å². The first-order valence-corrected chi connectivity index (χ1v) is 14.7. The molecule has 0 fully saturated rings. The van der Waals surface area contributed by atoms with Crippen LogP contribution in [0.4, 0.5) is 5.69 Å². The van der Waals surface area contributed by atoms with Crippen molar-refractivity contribution in [2.75, 3.05) is 4.90 Å². The highest BCUT2D eigenvalue weighted by atomic mass is 16.3. The zero-order valence-electron chi connectivity index (χ0n) is 23.3. The molecule has 4 heteroatoms. The van der Waals surface area contributed by atoms with E-state index in [1.54, 1.807) is 12.1 Å². The smallest absolute Gasteiger partial charge is 0.265 e. The molecule has 8 aromatic rings. The summed E-state index contributed by atoms with van der Waals surface area (Å²) in [5, 5.41) is 6.06. The highest BCUT2D eigenvalue weighted by molar-refractivity contribution is 6.37. The third-order valence-corrected chi connectivity index (χ3v) is 9.32. The van der Waals surface area contributed by atoms with E-state index in [9.17, 15) is 9.59 Å². The zero-order valence-corrected chi connectivity index (χ0v) is 23.3. The number of amides is 2. The predicted molar refractivity (Wildman–Crippen MR) is 176 cm³/mol. The van der Waals surface area contributed by atoms with Crippen molar-refractivity contribution < 1.29 is 14.0 Å². The molecular formula is C40H21NO3. The van der Waals surface area contributed by atoms with Gasteiger partial charge in [-0.2, -0.15) is 0 Å². The Hall–Kier alpha value is -6.00. The molecule has 2 aliphatic rings. The van der Waals surface area contributed by atoms with Crippen LogP contribution in [0.2, 0.25) is 0 Å². The maximum absolute atomic E-state index is 14.0. The van der Waals surface area contributed by atoms with Gasteiger partial charge in [-0.05, 0) is 80.4 Å². The quantitative estimate of drug-likeness (QED) is 0.197. The number of carbonyl (C=O) groups is 2. The molecule has 1 aliphatic carbocycles. The first-order chi connectivity index (χ1) is 21.7. The van der Waals surface area contributed by atoms with Gasteiger partial charge in [0.25, 0.3) is 11.8 Å². The number of rotatable bonds is 2. The van der Waals surface area contributed by atoms with Crippen molar-refractivity contribution in [1.29, 1.82) is 0 Å². The molecule has 204 valence electrons. The first-order valence-electron chi connectivity index (χ1n) is 14.7. The summed E-state index contributed by atoms with van der Waals surface area (Å²) in [5.41, 5.74) is 9.91. The summed E-state index contributed by atoms with van der Waals surface area (Å²) < 4.78 is 6.51. The van der Waals surface area contributed by atoms with Gasteiger partial charge in [-0.25, -0.2) is 4.90 Å². The van der Waals surface area contributed by atoms with Crippen LogP contribution in [0.25, 0.3) is 76.9 Å². The Morgan fingerprint density at radius 2 is 1.09 bits per heavy atom. The second-order valence-electron chi connectivity index (χ2n) is 11.5. The Bertz CT molecular complexity index is 2570. The van der Waals surface area contributed by atoms with Crippen molar-refractivity contribution in [3.05, 3.63) is 139 Å². The van der Waals surface area contributed by atoms with E-state index < -0.39 is 0 Å². The summed E-state index contributed by atoms with van der Waals surface area (Å²) in [6.07, 6.45) is 0. The lowest BCUT2D eigenvalue weighted by Gasteiger charge is -2.28. The van der Waals surface area contributed by atoms with Gasteiger partial charge < -0.3 is 4.42 Å². The number of hydrogen-bond acceptors (Lipinski definition) is 3. The SMILES string of the molecule is O=C1c2cccc3c(-c4c5c(cc6oc7ccccc7c46)-c4cccc6cccc-5c46)ccc(c23)C(=O)N1c1ccccc1. The molecule has 0 bridgehead atoms. The van der Waals surface area contributed by atoms with Crippen molar-refractivity contribution in [2.24, 2.45) is 0 Å². The molecule has 0 saturated heterocycles. The molecule has 1 aromatic heterocycles. The second-order valence-corrected chi connectivity index (χ2v) is 11.5. The average molecular weight is 564 g/mol. The lowest BCUT2D eigenvalue weighted by atomic mass is 9.84. The van der Waals surface area contributed by atoms with E-state index in [4.69, 9.17) is 4.42 Å². The van der Waals surface area contributed by atoms with Crippen molar-refractivity contribution in [2.45, 2.75) is 0 Å². The van der Waals surface area contributed by atoms with Crippen molar-refractivity contribution in [1.82, 2.24) is 0 Å². The number of carbonyl (C=O) groups excluding carboxylic acids is 2. The number of nitrogens with zero attached hydrogens (tertiary/aromatic N) is 1. The van der Waals surface area contributed by atoms with Crippen LogP contribution in [-0.4, -0.2) is 11.8 Å². The second kappa shape index (κ2) is 8.30. The average Bonchev–Trinajstić information content (AvgIpc) is 3.60. The Morgan fingerprint density at radius 1 is 0.432 bits per heavy atom.